The lowest BCUT2D eigenvalue weighted by Gasteiger charge is -2.30. The largest absolute Gasteiger partial charge is 0.479 e. The molecule has 1 aliphatic heterocycles. The Morgan fingerprint density at radius 1 is 1.50 bits per heavy atom. The highest BCUT2D eigenvalue weighted by Gasteiger charge is 2.44. The number of nitrogens with zero attached hydrogens (tertiary/aromatic N) is 1. The number of carboxylic acid groups (broad SMARTS) is 1. The molecule has 1 heterocycles. The lowest BCUT2D eigenvalue weighted by Crippen LogP contribution is -2.59. The van der Waals surface area contributed by atoms with Crippen LogP contribution in [-0.4, -0.2) is 67.6 Å². The van der Waals surface area contributed by atoms with Crippen molar-refractivity contribution in [3.05, 3.63) is 0 Å². The summed E-state index contributed by atoms with van der Waals surface area (Å²) in [5, 5.41) is 11.9. The van der Waals surface area contributed by atoms with Gasteiger partial charge in [-0.2, -0.15) is 0 Å². The van der Waals surface area contributed by atoms with Gasteiger partial charge in [-0.05, 0) is 5.92 Å². The standard InChI is InChI=1S/C13H24N2O5/c1-10(2)8-15(5-7-19-3)12(18)14-13(11(16)17)4-6-20-9-13/h10H,4-9H2,1-3H3,(H,14,18)(H,16,17). The first-order chi connectivity index (χ1) is 9.41. The molecule has 2 N–H and O–H groups in total. The Morgan fingerprint density at radius 3 is 2.65 bits per heavy atom. The van der Waals surface area contributed by atoms with Crippen molar-refractivity contribution in [3.63, 3.8) is 0 Å². The Morgan fingerprint density at radius 2 is 2.20 bits per heavy atom. The number of ether oxygens (including phenoxy) is 2. The maximum absolute atomic E-state index is 12.3. The molecule has 0 aromatic carbocycles. The van der Waals surface area contributed by atoms with Crippen LogP contribution in [0.3, 0.4) is 0 Å². The molecular formula is C13H24N2O5. The number of methoxy groups -OCH3 is 1. The first-order valence-electron chi connectivity index (χ1n) is 6.78. The zero-order valence-corrected chi connectivity index (χ0v) is 12.3. The van der Waals surface area contributed by atoms with Crippen LogP contribution in [0, 0.1) is 5.92 Å². The van der Waals surface area contributed by atoms with Gasteiger partial charge in [-0.3, -0.25) is 0 Å². The Labute approximate surface area is 119 Å². The van der Waals surface area contributed by atoms with Crippen LogP contribution < -0.4 is 5.32 Å². The molecule has 1 rings (SSSR count). The van der Waals surface area contributed by atoms with E-state index in [0.29, 0.717) is 32.2 Å². The molecule has 1 fully saturated rings. The number of hydrogen-bond acceptors (Lipinski definition) is 4. The molecule has 1 aliphatic rings. The van der Waals surface area contributed by atoms with E-state index in [1.54, 1.807) is 12.0 Å². The van der Waals surface area contributed by atoms with Crippen molar-refractivity contribution >= 4 is 12.0 Å². The van der Waals surface area contributed by atoms with Crippen LogP contribution >= 0.6 is 0 Å². The number of urea groups is 1. The maximum Gasteiger partial charge on any atom is 0.332 e. The lowest BCUT2D eigenvalue weighted by molar-refractivity contribution is -0.144. The number of amides is 2. The fourth-order valence-corrected chi connectivity index (χ4v) is 2.09. The second kappa shape index (κ2) is 7.44. The summed E-state index contributed by atoms with van der Waals surface area (Å²) >= 11 is 0. The third kappa shape index (κ3) is 4.35. The van der Waals surface area contributed by atoms with Gasteiger partial charge in [0.2, 0.25) is 0 Å². The van der Waals surface area contributed by atoms with Crippen molar-refractivity contribution in [1.29, 1.82) is 0 Å². The molecule has 20 heavy (non-hydrogen) atoms. The third-order valence-corrected chi connectivity index (χ3v) is 3.22. The van der Waals surface area contributed by atoms with Gasteiger partial charge in [-0.1, -0.05) is 13.8 Å². The van der Waals surface area contributed by atoms with Gasteiger partial charge in [0, 0.05) is 33.2 Å². The van der Waals surface area contributed by atoms with Gasteiger partial charge in [0.25, 0.3) is 0 Å². The van der Waals surface area contributed by atoms with Crippen LogP contribution in [0.1, 0.15) is 20.3 Å². The van der Waals surface area contributed by atoms with E-state index in [9.17, 15) is 14.7 Å². The molecular weight excluding hydrogens is 264 g/mol. The van der Waals surface area contributed by atoms with Crippen molar-refractivity contribution in [1.82, 2.24) is 10.2 Å². The van der Waals surface area contributed by atoms with Gasteiger partial charge < -0.3 is 24.8 Å². The van der Waals surface area contributed by atoms with E-state index in [4.69, 9.17) is 9.47 Å². The maximum atomic E-state index is 12.3. The summed E-state index contributed by atoms with van der Waals surface area (Å²) in [4.78, 5) is 25.3. The quantitative estimate of drug-likeness (QED) is 0.714. The Kier molecular flexibility index (Phi) is 6.22. The molecule has 1 saturated heterocycles. The fourth-order valence-electron chi connectivity index (χ4n) is 2.09. The minimum Gasteiger partial charge on any atom is -0.479 e. The molecule has 2 amide bonds. The number of carbonyl (C=O) groups excluding carboxylic acids is 1. The number of aliphatic carboxylic acids is 1. The highest BCUT2D eigenvalue weighted by Crippen LogP contribution is 2.19. The second-order valence-corrected chi connectivity index (χ2v) is 5.45. The van der Waals surface area contributed by atoms with E-state index in [1.165, 1.54) is 0 Å². The molecule has 7 heteroatoms. The molecule has 0 aromatic rings. The van der Waals surface area contributed by atoms with Crippen molar-refractivity contribution in [2.45, 2.75) is 25.8 Å². The highest BCUT2D eigenvalue weighted by atomic mass is 16.5. The minimum absolute atomic E-state index is 0.00781. The van der Waals surface area contributed by atoms with Crippen LogP contribution in [0.2, 0.25) is 0 Å². The molecule has 116 valence electrons. The monoisotopic (exact) mass is 288 g/mol. The summed E-state index contributed by atoms with van der Waals surface area (Å²) < 4.78 is 10.1. The SMILES string of the molecule is COCCN(CC(C)C)C(=O)NC1(C(=O)O)CCOC1. The summed E-state index contributed by atoms with van der Waals surface area (Å²) in [5.74, 6) is -0.766. The molecule has 0 bridgehead atoms. The highest BCUT2D eigenvalue weighted by molar-refractivity contribution is 5.86. The van der Waals surface area contributed by atoms with Crippen LogP contribution in [0.5, 0.6) is 0 Å². The predicted molar refractivity (Wildman–Crippen MR) is 72.6 cm³/mol. The van der Waals surface area contributed by atoms with Gasteiger partial charge in [-0.25, -0.2) is 9.59 Å². The number of rotatable bonds is 7. The lowest BCUT2D eigenvalue weighted by atomic mass is 9.99. The summed E-state index contributed by atoms with van der Waals surface area (Å²) in [6, 6.07) is -0.386. The van der Waals surface area contributed by atoms with E-state index in [0.717, 1.165) is 0 Å². The van der Waals surface area contributed by atoms with Crippen molar-refractivity contribution < 1.29 is 24.2 Å². The topological polar surface area (TPSA) is 88.1 Å². The summed E-state index contributed by atoms with van der Waals surface area (Å²) in [6.45, 7) is 5.74. The van der Waals surface area contributed by atoms with E-state index >= 15 is 0 Å². The summed E-state index contributed by atoms with van der Waals surface area (Å²) in [5.41, 5.74) is -1.31. The van der Waals surface area contributed by atoms with E-state index in [-0.39, 0.29) is 19.1 Å². The first kappa shape index (κ1) is 16.7. The average Bonchev–Trinajstić information content (AvgIpc) is 2.83. The molecule has 0 radical (unpaired) electrons. The van der Waals surface area contributed by atoms with Gasteiger partial charge in [0.1, 0.15) is 0 Å². The minimum atomic E-state index is -1.31. The smallest absolute Gasteiger partial charge is 0.332 e. The fraction of sp³-hybridized carbons (Fsp3) is 0.846. The zero-order valence-electron chi connectivity index (χ0n) is 12.3. The molecule has 1 unspecified atom stereocenters. The normalized spacial score (nSPS) is 22.0. The molecule has 0 aromatic heterocycles. The first-order valence-corrected chi connectivity index (χ1v) is 6.78. The van der Waals surface area contributed by atoms with Crippen LogP contribution in [-0.2, 0) is 14.3 Å². The van der Waals surface area contributed by atoms with E-state index in [2.05, 4.69) is 5.32 Å². The number of nitrogens with one attached hydrogen (secondary N) is 1. The van der Waals surface area contributed by atoms with Crippen molar-refractivity contribution in [2.24, 2.45) is 5.92 Å². The number of hydrogen-bond donors (Lipinski definition) is 2. The van der Waals surface area contributed by atoms with Gasteiger partial charge in [0.05, 0.1) is 13.2 Å². The van der Waals surface area contributed by atoms with Crippen molar-refractivity contribution in [2.75, 3.05) is 40.0 Å². The average molecular weight is 288 g/mol. The molecule has 1 atom stereocenters. The van der Waals surface area contributed by atoms with Gasteiger partial charge >= 0.3 is 12.0 Å². The van der Waals surface area contributed by atoms with Crippen molar-refractivity contribution in [3.8, 4) is 0 Å². The summed E-state index contributed by atoms with van der Waals surface area (Å²) in [7, 11) is 1.56. The van der Waals surface area contributed by atoms with E-state index in [1.807, 2.05) is 13.8 Å². The third-order valence-electron chi connectivity index (χ3n) is 3.22. The van der Waals surface area contributed by atoms with Crippen LogP contribution in [0.4, 0.5) is 4.79 Å². The number of carbonyl (C=O) groups is 2. The van der Waals surface area contributed by atoms with Gasteiger partial charge in [-0.15, -0.1) is 0 Å². The van der Waals surface area contributed by atoms with Gasteiger partial charge in [0.15, 0.2) is 5.54 Å². The summed E-state index contributed by atoms with van der Waals surface area (Å²) in [6.07, 6.45) is 0.286. The zero-order chi connectivity index (χ0) is 15.2. The molecule has 0 aliphatic carbocycles. The Balaban J connectivity index is 2.70. The molecule has 0 spiro atoms. The van der Waals surface area contributed by atoms with Crippen LogP contribution in [0.15, 0.2) is 0 Å². The molecule has 0 saturated carbocycles. The predicted octanol–water partition coefficient (Wildman–Crippen LogP) is 0.544. The number of carboxylic acids is 1. The molecule has 7 nitrogen and oxygen atoms in total. The van der Waals surface area contributed by atoms with Crippen LogP contribution in [0.25, 0.3) is 0 Å². The Hall–Kier alpha value is -1.34. The Bertz CT molecular complexity index is 340. The second-order valence-electron chi connectivity index (χ2n) is 5.45. The van der Waals surface area contributed by atoms with E-state index < -0.39 is 11.5 Å².